The van der Waals surface area contributed by atoms with E-state index in [4.69, 9.17) is 5.73 Å². The van der Waals surface area contributed by atoms with Gasteiger partial charge in [-0.15, -0.1) is 0 Å². The van der Waals surface area contributed by atoms with Gasteiger partial charge < -0.3 is 5.73 Å². The quantitative estimate of drug-likeness (QED) is 0.557. The molecule has 1 atom stereocenters. The highest BCUT2D eigenvalue weighted by molar-refractivity contribution is 7.86. The maximum Gasteiger partial charge on any atom is 0.282 e. The van der Waals surface area contributed by atoms with Gasteiger partial charge in [-0.1, -0.05) is 0 Å². The lowest BCUT2D eigenvalue weighted by atomic mass is 10.2. The van der Waals surface area contributed by atoms with Gasteiger partial charge in [0, 0.05) is 13.6 Å². The molecule has 3 N–H and O–H groups in total. The van der Waals surface area contributed by atoms with E-state index in [2.05, 4.69) is 5.32 Å². The first-order valence-corrected chi connectivity index (χ1v) is 6.97. The Bertz CT molecular complexity index is 436. The third-order valence-corrected chi connectivity index (χ3v) is 4.75. The number of nitrogens with one attached hydrogen (secondary N) is 1. The highest BCUT2D eigenvalue weighted by Gasteiger charge is 2.39. The molecule has 0 radical (unpaired) electrons. The second-order valence-electron chi connectivity index (χ2n) is 4.11. The summed E-state index contributed by atoms with van der Waals surface area (Å²) in [7, 11) is -2.42. The predicted octanol–water partition coefficient (Wildman–Crippen LogP) is -2.14. The van der Waals surface area contributed by atoms with Crippen molar-refractivity contribution in [3.8, 4) is 0 Å². The maximum absolute atomic E-state index is 12.2. The highest BCUT2D eigenvalue weighted by atomic mass is 32.2. The third-order valence-electron chi connectivity index (χ3n) is 2.74. The van der Waals surface area contributed by atoms with E-state index in [1.54, 1.807) is 0 Å². The molecule has 18 heavy (non-hydrogen) atoms. The standard InChI is InChI=1S/C9H18N4O4S/c1-7-9(15)11-8(14)6-13(7)18(16,17)12(2)5-3-4-10/h7H,3-6,10H2,1-2H3,(H,11,14,15). The fraction of sp³-hybridized carbons (Fsp3) is 0.778. The van der Waals surface area contributed by atoms with E-state index in [0.29, 0.717) is 13.0 Å². The smallest absolute Gasteiger partial charge is 0.282 e. The summed E-state index contributed by atoms with van der Waals surface area (Å²) in [6.45, 7) is 1.71. The predicted molar refractivity (Wildman–Crippen MR) is 64.5 cm³/mol. The molecular weight excluding hydrogens is 260 g/mol. The van der Waals surface area contributed by atoms with Crippen molar-refractivity contribution < 1.29 is 18.0 Å². The van der Waals surface area contributed by atoms with Crippen LogP contribution < -0.4 is 11.1 Å². The Balaban J connectivity index is 2.89. The molecule has 2 amide bonds. The van der Waals surface area contributed by atoms with Gasteiger partial charge >= 0.3 is 0 Å². The molecule has 1 heterocycles. The molecule has 9 heteroatoms. The number of carbonyl (C=O) groups is 2. The molecule has 1 aliphatic heterocycles. The molecule has 0 aromatic rings. The number of piperazine rings is 1. The molecule has 1 rings (SSSR count). The van der Waals surface area contributed by atoms with E-state index in [-0.39, 0.29) is 13.1 Å². The second-order valence-corrected chi connectivity index (χ2v) is 6.09. The summed E-state index contributed by atoms with van der Waals surface area (Å²) in [6, 6.07) is -0.895. The minimum atomic E-state index is -3.82. The number of amides is 2. The number of rotatable bonds is 5. The van der Waals surface area contributed by atoms with E-state index in [1.807, 2.05) is 0 Å². The largest absolute Gasteiger partial charge is 0.330 e. The van der Waals surface area contributed by atoms with Crippen molar-refractivity contribution in [1.29, 1.82) is 0 Å². The molecule has 1 saturated heterocycles. The fourth-order valence-electron chi connectivity index (χ4n) is 1.58. The SMILES string of the molecule is CC1C(=O)NC(=O)CN1S(=O)(=O)N(C)CCCN. The van der Waals surface area contributed by atoms with E-state index in [0.717, 1.165) is 8.61 Å². The zero-order valence-electron chi connectivity index (χ0n) is 10.4. The molecule has 8 nitrogen and oxygen atoms in total. The molecule has 104 valence electrons. The summed E-state index contributed by atoms with van der Waals surface area (Å²) >= 11 is 0. The number of hydrogen-bond acceptors (Lipinski definition) is 5. The van der Waals surface area contributed by atoms with Crippen molar-refractivity contribution in [2.45, 2.75) is 19.4 Å². The minimum Gasteiger partial charge on any atom is -0.330 e. The maximum atomic E-state index is 12.2. The van der Waals surface area contributed by atoms with Crippen LogP contribution in [0.25, 0.3) is 0 Å². The van der Waals surface area contributed by atoms with Crippen LogP contribution in [-0.2, 0) is 19.8 Å². The summed E-state index contributed by atoms with van der Waals surface area (Å²) in [5.41, 5.74) is 5.32. The molecule has 1 fully saturated rings. The Morgan fingerprint density at radius 1 is 1.50 bits per heavy atom. The van der Waals surface area contributed by atoms with E-state index in [1.165, 1.54) is 14.0 Å². The Morgan fingerprint density at radius 2 is 2.11 bits per heavy atom. The highest BCUT2D eigenvalue weighted by Crippen LogP contribution is 2.14. The summed E-state index contributed by atoms with van der Waals surface area (Å²) < 4.78 is 26.3. The summed E-state index contributed by atoms with van der Waals surface area (Å²) in [5.74, 6) is -1.23. The number of hydrogen-bond donors (Lipinski definition) is 2. The number of carbonyl (C=O) groups excluding carboxylic acids is 2. The molecule has 0 bridgehead atoms. The fourth-order valence-corrected chi connectivity index (χ4v) is 3.07. The number of nitrogens with zero attached hydrogens (tertiary/aromatic N) is 2. The first-order chi connectivity index (χ1) is 8.30. The Morgan fingerprint density at radius 3 is 2.67 bits per heavy atom. The number of nitrogens with two attached hydrogens (primary N) is 1. The van der Waals surface area contributed by atoms with Gasteiger partial charge in [0.25, 0.3) is 10.2 Å². The van der Waals surface area contributed by atoms with Crippen LogP contribution in [0.1, 0.15) is 13.3 Å². The molecule has 0 saturated carbocycles. The lowest BCUT2D eigenvalue weighted by molar-refractivity contribution is -0.136. The van der Waals surface area contributed by atoms with Crippen molar-refractivity contribution >= 4 is 22.0 Å². The Labute approximate surface area is 106 Å². The van der Waals surface area contributed by atoms with E-state index < -0.39 is 28.1 Å². The molecule has 0 aliphatic carbocycles. The second kappa shape index (κ2) is 5.74. The van der Waals surface area contributed by atoms with Gasteiger partial charge in [-0.3, -0.25) is 14.9 Å². The summed E-state index contributed by atoms with van der Waals surface area (Å²) in [4.78, 5) is 22.7. The molecule has 1 aliphatic rings. The molecule has 0 aromatic carbocycles. The van der Waals surface area contributed by atoms with Crippen molar-refractivity contribution in [2.75, 3.05) is 26.7 Å². The number of imide groups is 1. The first-order valence-electron chi connectivity index (χ1n) is 5.57. The Hall–Kier alpha value is -1.03. The van der Waals surface area contributed by atoms with Gasteiger partial charge in [-0.05, 0) is 19.9 Å². The van der Waals surface area contributed by atoms with E-state index >= 15 is 0 Å². The average molecular weight is 278 g/mol. The summed E-state index contributed by atoms with van der Waals surface area (Å²) in [6.07, 6.45) is 0.512. The van der Waals surface area contributed by atoms with Crippen LogP contribution in [0.15, 0.2) is 0 Å². The van der Waals surface area contributed by atoms with Crippen molar-refractivity contribution in [3.05, 3.63) is 0 Å². The minimum absolute atomic E-state index is 0.248. The average Bonchev–Trinajstić information content (AvgIpc) is 2.30. The molecule has 0 aromatic heterocycles. The van der Waals surface area contributed by atoms with Crippen LogP contribution in [-0.4, -0.2) is 61.6 Å². The lowest BCUT2D eigenvalue weighted by Gasteiger charge is -2.33. The van der Waals surface area contributed by atoms with Gasteiger partial charge in [0.15, 0.2) is 0 Å². The van der Waals surface area contributed by atoms with Crippen LogP contribution in [0, 0.1) is 0 Å². The van der Waals surface area contributed by atoms with E-state index in [9.17, 15) is 18.0 Å². The normalized spacial score (nSPS) is 22.3. The van der Waals surface area contributed by atoms with Gasteiger partial charge in [0.2, 0.25) is 11.8 Å². The van der Waals surface area contributed by atoms with Gasteiger partial charge in [0.05, 0.1) is 6.54 Å². The van der Waals surface area contributed by atoms with Crippen LogP contribution in [0.2, 0.25) is 0 Å². The Kier molecular flexibility index (Phi) is 4.79. The third kappa shape index (κ3) is 3.05. The first kappa shape index (κ1) is 15.0. The zero-order chi connectivity index (χ0) is 13.9. The van der Waals surface area contributed by atoms with Crippen LogP contribution in [0.5, 0.6) is 0 Å². The van der Waals surface area contributed by atoms with Gasteiger partial charge in [-0.25, -0.2) is 0 Å². The van der Waals surface area contributed by atoms with Crippen LogP contribution in [0.4, 0.5) is 0 Å². The van der Waals surface area contributed by atoms with Crippen LogP contribution in [0.3, 0.4) is 0 Å². The zero-order valence-corrected chi connectivity index (χ0v) is 11.2. The molecule has 0 spiro atoms. The van der Waals surface area contributed by atoms with Crippen molar-refractivity contribution in [1.82, 2.24) is 13.9 Å². The topological polar surface area (TPSA) is 113 Å². The van der Waals surface area contributed by atoms with Crippen molar-refractivity contribution in [2.24, 2.45) is 5.73 Å². The molecular formula is C9H18N4O4S. The van der Waals surface area contributed by atoms with Gasteiger partial charge in [-0.2, -0.15) is 17.0 Å². The van der Waals surface area contributed by atoms with Gasteiger partial charge in [0.1, 0.15) is 6.04 Å². The lowest BCUT2D eigenvalue weighted by Crippen LogP contribution is -2.60. The molecule has 1 unspecified atom stereocenters. The van der Waals surface area contributed by atoms with Crippen molar-refractivity contribution in [3.63, 3.8) is 0 Å². The monoisotopic (exact) mass is 278 g/mol. The van der Waals surface area contributed by atoms with Crippen LogP contribution >= 0.6 is 0 Å². The summed E-state index contributed by atoms with van der Waals surface area (Å²) in [5, 5.41) is 2.09.